The lowest BCUT2D eigenvalue weighted by Gasteiger charge is -2.12. The number of hydrogen-bond acceptors (Lipinski definition) is 3. The second kappa shape index (κ2) is 7.80. The van der Waals surface area contributed by atoms with Gasteiger partial charge < -0.3 is 10.1 Å². The van der Waals surface area contributed by atoms with Gasteiger partial charge >= 0.3 is 0 Å². The molecule has 0 heterocycles. The van der Waals surface area contributed by atoms with E-state index in [2.05, 4.69) is 5.32 Å². The summed E-state index contributed by atoms with van der Waals surface area (Å²) in [4.78, 5) is 23.8. The average Bonchev–Trinajstić information content (AvgIpc) is 2.39. The number of amides is 1. The molecule has 0 saturated carbocycles. The van der Waals surface area contributed by atoms with Crippen molar-refractivity contribution in [1.82, 2.24) is 5.32 Å². The molecule has 0 aromatic heterocycles. The van der Waals surface area contributed by atoms with Crippen LogP contribution in [0.1, 0.15) is 41.3 Å². The Morgan fingerprint density at radius 1 is 1.25 bits per heavy atom. The second-order valence-electron chi connectivity index (χ2n) is 5.17. The lowest BCUT2D eigenvalue weighted by atomic mass is 9.99. The van der Waals surface area contributed by atoms with E-state index in [0.29, 0.717) is 12.2 Å². The third-order valence-electron chi connectivity index (χ3n) is 3.10. The molecule has 0 aliphatic carbocycles. The smallest absolute Gasteiger partial charge is 0.220 e. The number of benzene rings is 1. The summed E-state index contributed by atoms with van der Waals surface area (Å²) in [5.74, 6) is -0.103. The number of methoxy groups -OCH3 is 1. The third-order valence-corrected chi connectivity index (χ3v) is 3.10. The van der Waals surface area contributed by atoms with Crippen molar-refractivity contribution in [3.05, 3.63) is 34.9 Å². The highest BCUT2D eigenvalue weighted by molar-refractivity contribution is 5.99. The molecular weight excluding hydrogens is 254 g/mol. The van der Waals surface area contributed by atoms with Crippen LogP contribution in [-0.4, -0.2) is 31.4 Å². The number of Topliss-reactive ketones (excluding diaryl/α,β-unsaturated/α-hetero) is 1. The highest BCUT2D eigenvalue weighted by Crippen LogP contribution is 2.13. The minimum Gasteiger partial charge on any atom is -0.383 e. The average molecular weight is 277 g/mol. The van der Waals surface area contributed by atoms with Crippen molar-refractivity contribution < 1.29 is 14.3 Å². The summed E-state index contributed by atoms with van der Waals surface area (Å²) >= 11 is 0. The number of rotatable bonds is 7. The molecule has 0 aliphatic heterocycles. The Morgan fingerprint density at radius 2 is 1.95 bits per heavy atom. The van der Waals surface area contributed by atoms with Gasteiger partial charge in [0.05, 0.1) is 6.61 Å². The van der Waals surface area contributed by atoms with Crippen molar-refractivity contribution in [2.24, 2.45) is 0 Å². The number of hydrogen-bond donors (Lipinski definition) is 1. The van der Waals surface area contributed by atoms with Gasteiger partial charge in [0, 0.05) is 31.6 Å². The largest absolute Gasteiger partial charge is 0.383 e. The zero-order valence-electron chi connectivity index (χ0n) is 12.7. The molecule has 1 rings (SSSR count). The lowest BCUT2D eigenvalue weighted by Crippen LogP contribution is -2.35. The molecule has 4 heteroatoms. The van der Waals surface area contributed by atoms with Crippen molar-refractivity contribution in [3.8, 4) is 0 Å². The molecule has 0 unspecified atom stereocenters. The van der Waals surface area contributed by atoms with Crippen LogP contribution in [0.5, 0.6) is 0 Å². The van der Waals surface area contributed by atoms with Crippen LogP contribution in [0.3, 0.4) is 0 Å². The maximum atomic E-state index is 12.1. The first-order chi connectivity index (χ1) is 9.43. The fourth-order valence-electron chi connectivity index (χ4n) is 2.04. The topological polar surface area (TPSA) is 55.4 Å². The number of carbonyl (C=O) groups excluding carboxylic acids is 2. The molecule has 1 amide bonds. The van der Waals surface area contributed by atoms with Crippen LogP contribution in [-0.2, 0) is 9.53 Å². The summed E-state index contributed by atoms with van der Waals surface area (Å²) in [5.41, 5.74) is 2.72. The Morgan fingerprint density at radius 3 is 2.60 bits per heavy atom. The van der Waals surface area contributed by atoms with Gasteiger partial charge in [-0.15, -0.1) is 0 Å². The van der Waals surface area contributed by atoms with Crippen LogP contribution in [0.15, 0.2) is 18.2 Å². The summed E-state index contributed by atoms with van der Waals surface area (Å²) in [6.45, 7) is 6.20. The monoisotopic (exact) mass is 277 g/mol. The molecule has 0 saturated heterocycles. The molecule has 4 nitrogen and oxygen atoms in total. The maximum absolute atomic E-state index is 12.1. The maximum Gasteiger partial charge on any atom is 0.220 e. The molecule has 110 valence electrons. The quantitative estimate of drug-likeness (QED) is 0.779. The van der Waals surface area contributed by atoms with Crippen molar-refractivity contribution in [2.75, 3.05) is 13.7 Å². The lowest BCUT2D eigenvalue weighted by molar-refractivity contribution is -0.122. The van der Waals surface area contributed by atoms with Crippen LogP contribution >= 0.6 is 0 Å². The molecule has 1 atom stereocenters. The summed E-state index contributed by atoms with van der Waals surface area (Å²) < 4.78 is 4.95. The van der Waals surface area contributed by atoms with E-state index in [0.717, 1.165) is 11.1 Å². The summed E-state index contributed by atoms with van der Waals surface area (Å²) in [5, 5.41) is 2.80. The van der Waals surface area contributed by atoms with Gasteiger partial charge in [-0.3, -0.25) is 9.59 Å². The third kappa shape index (κ3) is 5.13. The number of nitrogens with one attached hydrogen (secondary N) is 1. The van der Waals surface area contributed by atoms with Crippen LogP contribution in [0.4, 0.5) is 0 Å². The van der Waals surface area contributed by atoms with Crippen LogP contribution < -0.4 is 5.32 Å². The normalized spacial score (nSPS) is 12.0. The zero-order chi connectivity index (χ0) is 15.1. The minimum absolute atomic E-state index is 0.0146. The summed E-state index contributed by atoms with van der Waals surface area (Å²) in [6.07, 6.45) is 0.441. The predicted octanol–water partition coefficient (Wildman–Crippen LogP) is 2.42. The number of ketones is 1. The molecular formula is C16H23NO3. The van der Waals surface area contributed by atoms with E-state index in [1.807, 2.05) is 39.0 Å². The van der Waals surface area contributed by atoms with E-state index in [4.69, 9.17) is 4.74 Å². The van der Waals surface area contributed by atoms with Gasteiger partial charge in [-0.1, -0.05) is 17.7 Å². The van der Waals surface area contributed by atoms with E-state index < -0.39 is 0 Å². The first-order valence-corrected chi connectivity index (χ1v) is 6.82. The van der Waals surface area contributed by atoms with Crippen molar-refractivity contribution in [3.63, 3.8) is 0 Å². The Hall–Kier alpha value is -1.68. The van der Waals surface area contributed by atoms with Gasteiger partial charge in [-0.25, -0.2) is 0 Å². The fraction of sp³-hybridized carbons (Fsp3) is 0.500. The SMILES string of the molecule is COC[C@@H](C)NC(=O)CCC(=O)c1cc(C)ccc1C. The summed E-state index contributed by atoms with van der Waals surface area (Å²) in [7, 11) is 1.59. The standard InChI is InChI=1S/C16H23NO3/c1-11-5-6-12(2)14(9-11)15(18)7-8-16(19)17-13(3)10-20-4/h5-6,9,13H,7-8,10H2,1-4H3,(H,17,19)/t13-/m1/s1. The molecule has 1 aromatic rings. The van der Waals surface area contributed by atoms with Crippen molar-refractivity contribution >= 4 is 11.7 Å². The highest BCUT2D eigenvalue weighted by atomic mass is 16.5. The first kappa shape index (κ1) is 16.4. The van der Waals surface area contributed by atoms with Crippen LogP contribution in [0, 0.1) is 13.8 Å². The zero-order valence-corrected chi connectivity index (χ0v) is 12.7. The number of ether oxygens (including phenoxy) is 1. The second-order valence-corrected chi connectivity index (χ2v) is 5.17. The molecule has 0 fully saturated rings. The molecule has 0 bridgehead atoms. The van der Waals surface area contributed by atoms with E-state index in [1.165, 1.54) is 0 Å². The van der Waals surface area contributed by atoms with Gasteiger partial charge in [0.2, 0.25) is 5.91 Å². The van der Waals surface area contributed by atoms with Gasteiger partial charge in [0.1, 0.15) is 0 Å². The Labute approximate surface area is 120 Å². The van der Waals surface area contributed by atoms with Gasteiger partial charge in [0.25, 0.3) is 0 Å². The first-order valence-electron chi connectivity index (χ1n) is 6.82. The van der Waals surface area contributed by atoms with E-state index in [-0.39, 0.29) is 30.6 Å². The molecule has 1 aromatic carbocycles. The van der Waals surface area contributed by atoms with Gasteiger partial charge in [-0.05, 0) is 32.4 Å². The van der Waals surface area contributed by atoms with Crippen LogP contribution in [0.25, 0.3) is 0 Å². The molecule has 0 radical (unpaired) electrons. The number of aryl methyl sites for hydroxylation is 2. The highest BCUT2D eigenvalue weighted by Gasteiger charge is 2.13. The Balaban J connectivity index is 2.51. The fourth-order valence-corrected chi connectivity index (χ4v) is 2.04. The van der Waals surface area contributed by atoms with Gasteiger partial charge in [0.15, 0.2) is 5.78 Å². The minimum atomic E-state index is -0.117. The van der Waals surface area contributed by atoms with E-state index >= 15 is 0 Å². The summed E-state index contributed by atoms with van der Waals surface area (Å²) in [6, 6.07) is 5.75. The van der Waals surface area contributed by atoms with E-state index in [1.54, 1.807) is 7.11 Å². The number of carbonyl (C=O) groups is 2. The Kier molecular flexibility index (Phi) is 6.39. The Bertz CT molecular complexity index is 483. The molecule has 0 aliphatic rings. The van der Waals surface area contributed by atoms with Crippen molar-refractivity contribution in [2.45, 2.75) is 39.7 Å². The van der Waals surface area contributed by atoms with E-state index in [9.17, 15) is 9.59 Å². The van der Waals surface area contributed by atoms with Crippen LogP contribution in [0.2, 0.25) is 0 Å². The molecule has 0 spiro atoms. The van der Waals surface area contributed by atoms with Crippen molar-refractivity contribution in [1.29, 1.82) is 0 Å². The molecule has 1 N–H and O–H groups in total. The predicted molar refractivity (Wildman–Crippen MR) is 79.0 cm³/mol. The van der Waals surface area contributed by atoms with Gasteiger partial charge in [-0.2, -0.15) is 0 Å². The molecule has 20 heavy (non-hydrogen) atoms.